The maximum Gasteiger partial charge on any atom is 0.275 e. The normalized spacial score (nSPS) is 15.7. The number of benzene rings is 1. The number of nitrogens with one attached hydrogen (secondary N) is 1. The van der Waals surface area contributed by atoms with Crippen molar-refractivity contribution in [1.82, 2.24) is 20.0 Å². The van der Waals surface area contributed by atoms with Gasteiger partial charge in [0.25, 0.3) is 5.91 Å². The molecule has 0 saturated carbocycles. The number of hydrogen-bond donors (Lipinski definition) is 1. The Morgan fingerprint density at radius 2 is 2.04 bits per heavy atom. The van der Waals surface area contributed by atoms with Crippen molar-refractivity contribution in [1.29, 1.82) is 0 Å². The molecule has 1 aromatic heterocycles. The van der Waals surface area contributed by atoms with Gasteiger partial charge in [-0.1, -0.05) is 12.1 Å². The Morgan fingerprint density at radius 3 is 2.83 bits per heavy atom. The van der Waals surface area contributed by atoms with Gasteiger partial charge in [-0.15, -0.1) is 0 Å². The van der Waals surface area contributed by atoms with Crippen molar-refractivity contribution in [2.45, 2.75) is 0 Å². The molecule has 7 nitrogen and oxygen atoms in total. The summed E-state index contributed by atoms with van der Waals surface area (Å²) in [6, 6.07) is 7.14. The molecular weight excluding hydrogens is 296 g/mol. The molecule has 1 aliphatic heterocycles. The summed E-state index contributed by atoms with van der Waals surface area (Å²) in [5, 5.41) is 7.41. The van der Waals surface area contributed by atoms with Crippen LogP contribution < -0.4 is 10.7 Å². The van der Waals surface area contributed by atoms with Crippen molar-refractivity contribution in [2.24, 2.45) is 7.05 Å². The first-order chi connectivity index (χ1) is 11.2. The second kappa shape index (κ2) is 6.89. The van der Waals surface area contributed by atoms with Crippen LogP contribution in [0.3, 0.4) is 0 Å². The van der Waals surface area contributed by atoms with E-state index < -0.39 is 5.91 Å². The lowest BCUT2D eigenvalue weighted by Crippen LogP contribution is -2.42. The maximum atomic E-state index is 12.4. The van der Waals surface area contributed by atoms with Gasteiger partial charge in [0.2, 0.25) is 5.43 Å². The molecule has 0 aliphatic carbocycles. The lowest BCUT2D eigenvalue weighted by atomic mass is 10.2. The van der Waals surface area contributed by atoms with Crippen LogP contribution in [0.4, 0.5) is 0 Å². The topological polar surface area (TPSA) is 76.5 Å². The SMILES string of the molecule is Cn1nc(C(=O)NCCN2CCOCC2)c(=O)c2ccccc21. The maximum absolute atomic E-state index is 12.4. The molecule has 7 heteroatoms. The predicted molar refractivity (Wildman–Crippen MR) is 86.6 cm³/mol. The smallest absolute Gasteiger partial charge is 0.275 e. The van der Waals surface area contributed by atoms with Gasteiger partial charge in [-0.05, 0) is 12.1 Å². The summed E-state index contributed by atoms with van der Waals surface area (Å²) >= 11 is 0. The average molecular weight is 316 g/mol. The zero-order chi connectivity index (χ0) is 16.2. The third kappa shape index (κ3) is 3.40. The number of nitrogens with zero attached hydrogens (tertiary/aromatic N) is 3. The number of morpholine rings is 1. The molecule has 1 aromatic carbocycles. The van der Waals surface area contributed by atoms with E-state index >= 15 is 0 Å². The summed E-state index contributed by atoms with van der Waals surface area (Å²) in [7, 11) is 1.73. The van der Waals surface area contributed by atoms with E-state index in [1.165, 1.54) is 0 Å². The van der Waals surface area contributed by atoms with Crippen LogP contribution in [0.15, 0.2) is 29.1 Å². The highest BCUT2D eigenvalue weighted by Crippen LogP contribution is 2.07. The minimum Gasteiger partial charge on any atom is -0.379 e. The van der Waals surface area contributed by atoms with Gasteiger partial charge in [-0.2, -0.15) is 5.10 Å². The summed E-state index contributed by atoms with van der Waals surface area (Å²) in [6.45, 7) is 4.40. The number of carbonyl (C=O) groups excluding carboxylic acids is 1. The van der Waals surface area contributed by atoms with E-state index in [4.69, 9.17) is 4.74 Å². The van der Waals surface area contributed by atoms with Crippen LogP contribution in [-0.2, 0) is 11.8 Å². The Balaban J connectivity index is 1.71. The van der Waals surface area contributed by atoms with Crippen LogP contribution in [0.2, 0.25) is 0 Å². The molecule has 122 valence electrons. The Bertz CT molecular complexity index is 765. The summed E-state index contributed by atoms with van der Waals surface area (Å²) in [5.74, 6) is -0.426. The highest BCUT2D eigenvalue weighted by atomic mass is 16.5. The Kier molecular flexibility index (Phi) is 4.68. The van der Waals surface area contributed by atoms with Crippen molar-refractivity contribution in [2.75, 3.05) is 39.4 Å². The number of amides is 1. The molecule has 2 aromatic rings. The molecule has 0 radical (unpaired) electrons. The van der Waals surface area contributed by atoms with Crippen LogP contribution in [-0.4, -0.2) is 60.0 Å². The van der Waals surface area contributed by atoms with E-state index in [1.807, 2.05) is 12.1 Å². The zero-order valence-corrected chi connectivity index (χ0v) is 13.1. The number of rotatable bonds is 4. The van der Waals surface area contributed by atoms with Crippen molar-refractivity contribution in [3.63, 3.8) is 0 Å². The Labute approximate surface area is 133 Å². The number of carbonyl (C=O) groups is 1. The average Bonchev–Trinajstić information content (AvgIpc) is 2.59. The van der Waals surface area contributed by atoms with E-state index in [9.17, 15) is 9.59 Å². The summed E-state index contributed by atoms with van der Waals surface area (Å²) in [6.07, 6.45) is 0. The largest absolute Gasteiger partial charge is 0.379 e. The van der Waals surface area contributed by atoms with Gasteiger partial charge in [0, 0.05) is 38.6 Å². The van der Waals surface area contributed by atoms with E-state index in [2.05, 4.69) is 15.3 Å². The van der Waals surface area contributed by atoms with Crippen LogP contribution >= 0.6 is 0 Å². The highest BCUT2D eigenvalue weighted by molar-refractivity contribution is 5.95. The fourth-order valence-electron chi connectivity index (χ4n) is 2.71. The molecule has 2 heterocycles. The number of hydrogen-bond acceptors (Lipinski definition) is 5. The van der Waals surface area contributed by atoms with Gasteiger partial charge in [0.15, 0.2) is 5.69 Å². The number of aromatic nitrogens is 2. The van der Waals surface area contributed by atoms with Gasteiger partial charge in [-0.3, -0.25) is 19.2 Å². The van der Waals surface area contributed by atoms with Crippen molar-refractivity contribution in [3.8, 4) is 0 Å². The van der Waals surface area contributed by atoms with Gasteiger partial charge < -0.3 is 10.1 Å². The number of aryl methyl sites for hydroxylation is 1. The zero-order valence-electron chi connectivity index (χ0n) is 13.1. The van der Waals surface area contributed by atoms with Crippen molar-refractivity contribution < 1.29 is 9.53 Å². The second-order valence-electron chi connectivity index (χ2n) is 5.53. The van der Waals surface area contributed by atoms with Gasteiger partial charge >= 0.3 is 0 Å². The molecule has 3 rings (SSSR count). The van der Waals surface area contributed by atoms with Crippen molar-refractivity contribution in [3.05, 3.63) is 40.2 Å². The molecule has 23 heavy (non-hydrogen) atoms. The first-order valence-corrected chi connectivity index (χ1v) is 7.71. The lowest BCUT2D eigenvalue weighted by Gasteiger charge is -2.26. The van der Waals surface area contributed by atoms with E-state index in [-0.39, 0.29) is 11.1 Å². The van der Waals surface area contributed by atoms with Gasteiger partial charge in [0.05, 0.1) is 18.7 Å². The molecule has 1 N–H and O–H groups in total. The summed E-state index contributed by atoms with van der Waals surface area (Å²) in [5.41, 5.74) is 0.318. The van der Waals surface area contributed by atoms with E-state index in [0.717, 1.165) is 32.8 Å². The standard InChI is InChI=1S/C16H20N4O3/c1-19-13-5-3-2-4-12(13)15(21)14(18-19)16(22)17-6-7-20-8-10-23-11-9-20/h2-5H,6-11H2,1H3,(H,17,22). The first kappa shape index (κ1) is 15.6. The molecule has 0 bridgehead atoms. The fourth-order valence-corrected chi connectivity index (χ4v) is 2.71. The summed E-state index contributed by atoms with van der Waals surface area (Å²) < 4.78 is 6.85. The third-order valence-corrected chi connectivity index (χ3v) is 3.99. The monoisotopic (exact) mass is 316 g/mol. The highest BCUT2D eigenvalue weighted by Gasteiger charge is 2.16. The Morgan fingerprint density at radius 1 is 1.30 bits per heavy atom. The molecule has 1 aliphatic rings. The molecule has 0 unspecified atom stereocenters. The minimum atomic E-state index is -0.426. The van der Waals surface area contributed by atoms with E-state index in [0.29, 0.717) is 17.4 Å². The second-order valence-corrected chi connectivity index (χ2v) is 5.53. The van der Waals surface area contributed by atoms with Crippen molar-refractivity contribution >= 4 is 16.8 Å². The summed E-state index contributed by atoms with van der Waals surface area (Å²) in [4.78, 5) is 26.9. The van der Waals surface area contributed by atoms with Crippen LogP contribution in [0.25, 0.3) is 10.9 Å². The first-order valence-electron chi connectivity index (χ1n) is 7.71. The fraction of sp³-hybridized carbons (Fsp3) is 0.438. The van der Waals surface area contributed by atoms with Crippen LogP contribution in [0.1, 0.15) is 10.5 Å². The number of fused-ring (bicyclic) bond motifs is 1. The van der Waals surface area contributed by atoms with Crippen LogP contribution in [0.5, 0.6) is 0 Å². The molecule has 1 amide bonds. The van der Waals surface area contributed by atoms with E-state index in [1.54, 1.807) is 23.9 Å². The molecule has 1 fully saturated rings. The molecule has 0 atom stereocenters. The lowest BCUT2D eigenvalue weighted by molar-refractivity contribution is 0.0383. The van der Waals surface area contributed by atoms with Crippen LogP contribution in [0, 0.1) is 0 Å². The van der Waals surface area contributed by atoms with Gasteiger partial charge in [0.1, 0.15) is 0 Å². The van der Waals surface area contributed by atoms with Gasteiger partial charge in [-0.25, -0.2) is 0 Å². The number of ether oxygens (including phenoxy) is 1. The minimum absolute atomic E-state index is 0.0619. The molecular formula is C16H20N4O3. The number of para-hydroxylation sites is 1. The molecule has 1 saturated heterocycles. The Hall–Kier alpha value is -2.25. The molecule has 0 spiro atoms. The third-order valence-electron chi connectivity index (χ3n) is 3.99. The predicted octanol–water partition coefficient (Wildman–Crippen LogP) is -0.00450. The quantitative estimate of drug-likeness (QED) is 0.859.